The number of ether oxygens (including phenoxy) is 3. The Morgan fingerprint density at radius 3 is 2.52 bits per heavy atom. The first-order chi connectivity index (χ1) is 11.0. The third-order valence-corrected chi connectivity index (χ3v) is 4.03. The second-order valence-corrected chi connectivity index (χ2v) is 6.23. The lowest BCUT2D eigenvalue weighted by Gasteiger charge is -2.36. The zero-order chi connectivity index (χ0) is 16.4. The summed E-state index contributed by atoms with van der Waals surface area (Å²) in [5, 5.41) is 3.25. The van der Waals surface area contributed by atoms with Crippen LogP contribution < -0.4 is 14.8 Å². The molecule has 0 unspecified atom stereocenters. The van der Waals surface area contributed by atoms with Crippen LogP contribution in [0.5, 0.6) is 11.5 Å². The second-order valence-electron chi connectivity index (χ2n) is 6.23. The molecule has 2 heterocycles. The van der Waals surface area contributed by atoms with Gasteiger partial charge in [0, 0.05) is 24.8 Å². The van der Waals surface area contributed by atoms with Gasteiger partial charge >= 0.3 is 0 Å². The molecule has 0 spiro atoms. The van der Waals surface area contributed by atoms with Crippen LogP contribution in [0.4, 0.5) is 5.69 Å². The van der Waals surface area contributed by atoms with E-state index in [1.165, 1.54) is 0 Å². The summed E-state index contributed by atoms with van der Waals surface area (Å²) < 4.78 is 16.8. The van der Waals surface area contributed by atoms with Crippen LogP contribution >= 0.6 is 0 Å². The van der Waals surface area contributed by atoms with Gasteiger partial charge in [0.05, 0.1) is 12.2 Å². The number of rotatable bonds is 3. The van der Waals surface area contributed by atoms with Crippen LogP contribution in [0.15, 0.2) is 18.2 Å². The van der Waals surface area contributed by atoms with Crippen molar-refractivity contribution >= 4 is 11.6 Å². The topological polar surface area (TPSA) is 60.0 Å². The molecule has 1 fully saturated rings. The Balaban J connectivity index is 1.64. The van der Waals surface area contributed by atoms with E-state index in [0.29, 0.717) is 26.3 Å². The van der Waals surface area contributed by atoms with Crippen molar-refractivity contribution in [1.29, 1.82) is 0 Å². The summed E-state index contributed by atoms with van der Waals surface area (Å²) in [5.41, 5.74) is 0.851. The quantitative estimate of drug-likeness (QED) is 0.922. The maximum absolute atomic E-state index is 12.6. The first-order valence-electron chi connectivity index (χ1n) is 8.13. The first kappa shape index (κ1) is 15.9. The monoisotopic (exact) mass is 320 g/mol. The highest BCUT2D eigenvalue weighted by atomic mass is 16.6. The molecule has 1 saturated heterocycles. The van der Waals surface area contributed by atoms with Crippen molar-refractivity contribution in [1.82, 2.24) is 4.90 Å². The number of morpholine rings is 1. The third kappa shape index (κ3) is 3.69. The summed E-state index contributed by atoms with van der Waals surface area (Å²) in [7, 11) is 0. The molecule has 1 amide bonds. The molecule has 3 rings (SSSR count). The minimum Gasteiger partial charge on any atom is -0.486 e. The molecule has 3 atom stereocenters. The molecule has 6 heteroatoms. The van der Waals surface area contributed by atoms with Crippen molar-refractivity contribution in [2.24, 2.45) is 0 Å². The van der Waals surface area contributed by atoms with E-state index >= 15 is 0 Å². The SMILES string of the molecule is C[C@H]1CN(C(=O)[C@@H](C)Nc2ccc3c(c2)OCCO3)C[C@H](C)O1. The molecule has 126 valence electrons. The maximum Gasteiger partial charge on any atom is 0.244 e. The average Bonchev–Trinajstić information content (AvgIpc) is 2.53. The molecule has 23 heavy (non-hydrogen) atoms. The summed E-state index contributed by atoms with van der Waals surface area (Å²) in [6.07, 6.45) is 0.147. The third-order valence-electron chi connectivity index (χ3n) is 4.03. The minimum absolute atomic E-state index is 0.0733. The second kappa shape index (κ2) is 6.66. The number of benzene rings is 1. The van der Waals surface area contributed by atoms with Crippen molar-refractivity contribution in [3.05, 3.63) is 18.2 Å². The Bertz CT molecular complexity index is 568. The normalized spacial score (nSPS) is 24.9. The van der Waals surface area contributed by atoms with Gasteiger partial charge in [-0.05, 0) is 32.9 Å². The molecular weight excluding hydrogens is 296 g/mol. The summed E-state index contributed by atoms with van der Waals surface area (Å²) in [5.74, 6) is 1.55. The van der Waals surface area contributed by atoms with Crippen molar-refractivity contribution in [2.75, 3.05) is 31.6 Å². The summed E-state index contributed by atoms with van der Waals surface area (Å²) in [6, 6.07) is 5.34. The molecule has 2 aliphatic heterocycles. The molecule has 0 aliphatic carbocycles. The highest BCUT2D eigenvalue weighted by Crippen LogP contribution is 2.32. The first-order valence-corrected chi connectivity index (χ1v) is 8.13. The van der Waals surface area contributed by atoms with Crippen molar-refractivity contribution in [3.63, 3.8) is 0 Å². The van der Waals surface area contributed by atoms with Crippen molar-refractivity contribution < 1.29 is 19.0 Å². The molecule has 6 nitrogen and oxygen atoms in total. The van der Waals surface area contributed by atoms with Gasteiger partial charge in [0.15, 0.2) is 11.5 Å². The number of nitrogens with one attached hydrogen (secondary N) is 1. The number of carbonyl (C=O) groups is 1. The van der Waals surface area contributed by atoms with Crippen LogP contribution in [-0.2, 0) is 9.53 Å². The predicted molar refractivity (Wildman–Crippen MR) is 87.1 cm³/mol. The molecule has 0 saturated carbocycles. The van der Waals surface area contributed by atoms with Gasteiger partial charge in [0.1, 0.15) is 19.3 Å². The van der Waals surface area contributed by atoms with E-state index in [2.05, 4.69) is 5.32 Å². The van der Waals surface area contributed by atoms with Gasteiger partial charge in [-0.15, -0.1) is 0 Å². The number of hydrogen-bond acceptors (Lipinski definition) is 5. The molecule has 1 aromatic rings. The molecule has 2 aliphatic rings. The maximum atomic E-state index is 12.6. The highest BCUT2D eigenvalue weighted by molar-refractivity contribution is 5.84. The molecule has 1 N–H and O–H groups in total. The Morgan fingerprint density at radius 1 is 1.17 bits per heavy atom. The lowest BCUT2D eigenvalue weighted by atomic mass is 10.2. The van der Waals surface area contributed by atoms with E-state index < -0.39 is 0 Å². The Morgan fingerprint density at radius 2 is 1.83 bits per heavy atom. The lowest BCUT2D eigenvalue weighted by Crippen LogP contribution is -2.52. The zero-order valence-electron chi connectivity index (χ0n) is 13.9. The fourth-order valence-corrected chi connectivity index (χ4v) is 3.08. The van der Waals surface area contributed by atoms with Crippen LogP contribution in [-0.4, -0.2) is 55.4 Å². The van der Waals surface area contributed by atoms with E-state index in [4.69, 9.17) is 14.2 Å². The number of carbonyl (C=O) groups excluding carboxylic acids is 1. The standard InChI is InChI=1S/C17H24N2O4/c1-11-9-19(10-12(2)23-11)17(20)13(3)18-14-4-5-15-16(8-14)22-7-6-21-15/h4-5,8,11-13,18H,6-7,9-10H2,1-3H3/t11-,12-,13+/m0/s1. The molecule has 1 aromatic carbocycles. The Labute approximate surface area is 136 Å². The number of fused-ring (bicyclic) bond motifs is 1. The Hall–Kier alpha value is -1.95. The van der Waals surface area contributed by atoms with Gasteiger partial charge in [-0.2, -0.15) is 0 Å². The molecular formula is C17H24N2O4. The van der Waals surface area contributed by atoms with E-state index in [-0.39, 0.29) is 24.2 Å². The largest absolute Gasteiger partial charge is 0.486 e. The smallest absolute Gasteiger partial charge is 0.244 e. The minimum atomic E-state index is -0.310. The average molecular weight is 320 g/mol. The van der Waals surface area contributed by atoms with Gasteiger partial charge in [0.25, 0.3) is 0 Å². The number of hydrogen-bond donors (Lipinski definition) is 1. The Kier molecular flexibility index (Phi) is 4.61. The number of amides is 1. The predicted octanol–water partition coefficient (Wildman–Crippen LogP) is 1.89. The van der Waals surface area contributed by atoms with Gasteiger partial charge in [-0.3, -0.25) is 4.79 Å². The lowest BCUT2D eigenvalue weighted by molar-refractivity contribution is -0.143. The fraction of sp³-hybridized carbons (Fsp3) is 0.588. The van der Waals surface area contributed by atoms with Gasteiger partial charge in [-0.25, -0.2) is 0 Å². The van der Waals surface area contributed by atoms with Crippen LogP contribution in [0.1, 0.15) is 20.8 Å². The zero-order valence-corrected chi connectivity index (χ0v) is 13.9. The summed E-state index contributed by atoms with van der Waals surface area (Å²) in [4.78, 5) is 14.5. The van der Waals surface area contributed by atoms with Crippen LogP contribution in [0.3, 0.4) is 0 Å². The van der Waals surface area contributed by atoms with Gasteiger partial charge in [-0.1, -0.05) is 0 Å². The van der Waals surface area contributed by atoms with E-state index in [9.17, 15) is 4.79 Å². The molecule has 0 aromatic heterocycles. The van der Waals surface area contributed by atoms with Crippen LogP contribution in [0, 0.1) is 0 Å². The fourth-order valence-electron chi connectivity index (χ4n) is 3.08. The van der Waals surface area contributed by atoms with Crippen LogP contribution in [0.2, 0.25) is 0 Å². The van der Waals surface area contributed by atoms with Crippen molar-refractivity contribution in [2.45, 2.75) is 39.0 Å². The summed E-state index contributed by atoms with van der Waals surface area (Å²) >= 11 is 0. The summed E-state index contributed by atoms with van der Waals surface area (Å²) in [6.45, 7) is 8.26. The van der Waals surface area contributed by atoms with E-state index in [0.717, 1.165) is 17.2 Å². The highest BCUT2D eigenvalue weighted by Gasteiger charge is 2.28. The number of anilines is 1. The van der Waals surface area contributed by atoms with Crippen molar-refractivity contribution in [3.8, 4) is 11.5 Å². The van der Waals surface area contributed by atoms with E-state index in [1.807, 2.05) is 43.9 Å². The van der Waals surface area contributed by atoms with Crippen LogP contribution in [0.25, 0.3) is 0 Å². The van der Waals surface area contributed by atoms with Gasteiger partial charge < -0.3 is 24.4 Å². The number of nitrogens with zero attached hydrogens (tertiary/aromatic N) is 1. The van der Waals surface area contributed by atoms with Gasteiger partial charge in [0.2, 0.25) is 5.91 Å². The molecule has 0 bridgehead atoms. The molecule has 0 radical (unpaired) electrons. The van der Waals surface area contributed by atoms with E-state index in [1.54, 1.807) is 0 Å².